The van der Waals surface area contributed by atoms with Crippen LogP contribution in [0.5, 0.6) is 0 Å². The number of halogens is 1. The van der Waals surface area contributed by atoms with Gasteiger partial charge in [0.05, 0.1) is 17.2 Å². The van der Waals surface area contributed by atoms with Crippen molar-refractivity contribution >= 4 is 10.9 Å². The number of nitrogens with one attached hydrogen (secondary N) is 1. The molecule has 0 aliphatic heterocycles. The molecule has 0 aliphatic carbocycles. The van der Waals surface area contributed by atoms with Crippen LogP contribution in [0.4, 0.5) is 4.39 Å². The molecule has 1 heterocycles. The van der Waals surface area contributed by atoms with Gasteiger partial charge in [0, 0.05) is 22.2 Å². The van der Waals surface area contributed by atoms with E-state index in [1.807, 2.05) is 49.4 Å². The molecule has 27 heavy (non-hydrogen) atoms. The highest BCUT2D eigenvalue weighted by atomic mass is 19.1. The highest BCUT2D eigenvalue weighted by molar-refractivity contribution is 5.90. The van der Waals surface area contributed by atoms with Gasteiger partial charge in [0.1, 0.15) is 11.9 Å². The number of hydrogen-bond donors (Lipinski definition) is 1. The van der Waals surface area contributed by atoms with Gasteiger partial charge in [-0.05, 0) is 66.1 Å². The number of fused-ring (bicyclic) bond motifs is 1. The molecule has 4 heteroatoms. The Morgan fingerprint density at radius 1 is 0.889 bits per heavy atom. The van der Waals surface area contributed by atoms with Crippen LogP contribution in [0.15, 0.2) is 60.7 Å². The summed E-state index contributed by atoms with van der Waals surface area (Å²) in [5.74, 6) is -0.519. The maximum Gasteiger partial charge on any atom is 0.150 e. The van der Waals surface area contributed by atoms with Crippen LogP contribution in [0, 0.1) is 35.4 Å². The van der Waals surface area contributed by atoms with Crippen molar-refractivity contribution in [1.82, 2.24) is 4.98 Å². The number of benzene rings is 3. The van der Waals surface area contributed by atoms with Crippen LogP contribution in [0.3, 0.4) is 0 Å². The monoisotopic (exact) mass is 351 g/mol. The topological polar surface area (TPSA) is 63.4 Å². The molecule has 3 aromatic carbocycles. The van der Waals surface area contributed by atoms with Crippen LogP contribution >= 0.6 is 0 Å². The van der Waals surface area contributed by atoms with Gasteiger partial charge in [-0.2, -0.15) is 10.5 Å². The second-order valence-electron chi connectivity index (χ2n) is 6.41. The molecule has 128 valence electrons. The average Bonchev–Trinajstić information content (AvgIpc) is 3.11. The van der Waals surface area contributed by atoms with Gasteiger partial charge in [0.15, 0.2) is 0 Å². The van der Waals surface area contributed by atoms with Gasteiger partial charge >= 0.3 is 0 Å². The van der Waals surface area contributed by atoms with Crippen LogP contribution in [-0.4, -0.2) is 4.98 Å². The molecule has 1 N–H and O–H groups in total. The second-order valence-corrected chi connectivity index (χ2v) is 6.41. The van der Waals surface area contributed by atoms with E-state index in [0.717, 1.165) is 27.6 Å². The van der Waals surface area contributed by atoms with Gasteiger partial charge in [-0.1, -0.05) is 18.2 Å². The van der Waals surface area contributed by atoms with Crippen molar-refractivity contribution in [2.45, 2.75) is 6.92 Å². The molecule has 0 radical (unpaired) electrons. The molecule has 0 bridgehead atoms. The van der Waals surface area contributed by atoms with Gasteiger partial charge in [0.25, 0.3) is 0 Å². The Kier molecular flexibility index (Phi) is 3.95. The summed E-state index contributed by atoms with van der Waals surface area (Å²) < 4.78 is 14.5. The van der Waals surface area contributed by atoms with E-state index >= 15 is 0 Å². The third-order valence-electron chi connectivity index (χ3n) is 4.70. The molecular formula is C23H14FN3. The molecule has 1 aromatic heterocycles. The lowest BCUT2D eigenvalue weighted by Crippen LogP contribution is -1.88. The molecule has 0 fully saturated rings. The average molecular weight is 351 g/mol. The minimum Gasteiger partial charge on any atom is -0.354 e. The third-order valence-corrected chi connectivity index (χ3v) is 4.70. The zero-order valence-electron chi connectivity index (χ0n) is 14.5. The van der Waals surface area contributed by atoms with E-state index in [1.54, 1.807) is 18.2 Å². The minimum atomic E-state index is -0.519. The molecule has 0 spiro atoms. The Labute approximate surface area is 155 Å². The first-order valence-corrected chi connectivity index (χ1v) is 8.43. The van der Waals surface area contributed by atoms with Gasteiger partial charge in [0.2, 0.25) is 0 Å². The summed E-state index contributed by atoms with van der Waals surface area (Å²) in [6.07, 6.45) is 0. The Balaban J connectivity index is 1.82. The van der Waals surface area contributed by atoms with Gasteiger partial charge in [-0.15, -0.1) is 0 Å². The van der Waals surface area contributed by atoms with E-state index in [2.05, 4.69) is 11.1 Å². The largest absolute Gasteiger partial charge is 0.354 e. The van der Waals surface area contributed by atoms with Crippen molar-refractivity contribution in [3.8, 4) is 34.5 Å². The zero-order valence-corrected chi connectivity index (χ0v) is 14.5. The first-order valence-electron chi connectivity index (χ1n) is 8.43. The van der Waals surface area contributed by atoms with Gasteiger partial charge < -0.3 is 4.98 Å². The van der Waals surface area contributed by atoms with Crippen LogP contribution in [-0.2, 0) is 0 Å². The van der Waals surface area contributed by atoms with Crippen LogP contribution in [0.25, 0.3) is 33.3 Å². The number of aryl methyl sites for hydroxylation is 1. The van der Waals surface area contributed by atoms with Crippen molar-refractivity contribution in [2.75, 3.05) is 0 Å². The molecule has 0 aliphatic rings. The smallest absolute Gasteiger partial charge is 0.150 e. The lowest BCUT2D eigenvalue weighted by molar-refractivity contribution is 0.627. The van der Waals surface area contributed by atoms with E-state index in [1.165, 1.54) is 6.07 Å². The summed E-state index contributed by atoms with van der Waals surface area (Å²) in [6, 6.07) is 22.3. The molecule has 0 amide bonds. The van der Waals surface area contributed by atoms with E-state index in [0.29, 0.717) is 16.8 Å². The van der Waals surface area contributed by atoms with Crippen LogP contribution in [0.2, 0.25) is 0 Å². The number of nitriles is 2. The fourth-order valence-corrected chi connectivity index (χ4v) is 3.33. The highest BCUT2D eigenvalue weighted by Gasteiger charge is 2.12. The number of hydrogen-bond acceptors (Lipinski definition) is 2. The van der Waals surface area contributed by atoms with E-state index in [-0.39, 0.29) is 5.56 Å². The maximum atomic E-state index is 14.5. The first kappa shape index (κ1) is 16.6. The zero-order chi connectivity index (χ0) is 19.0. The summed E-state index contributed by atoms with van der Waals surface area (Å²) in [4.78, 5) is 3.22. The van der Waals surface area contributed by atoms with Gasteiger partial charge in [-0.25, -0.2) is 4.39 Å². The Morgan fingerprint density at radius 3 is 2.48 bits per heavy atom. The summed E-state index contributed by atoms with van der Waals surface area (Å²) in [6.45, 7) is 1.98. The summed E-state index contributed by atoms with van der Waals surface area (Å²) in [7, 11) is 0. The maximum absolute atomic E-state index is 14.5. The van der Waals surface area contributed by atoms with E-state index in [9.17, 15) is 4.39 Å². The molecule has 3 nitrogen and oxygen atoms in total. The number of nitrogens with zero attached hydrogens (tertiary/aromatic N) is 2. The SMILES string of the molecule is Cc1cc(C#N)ccc1-c1ccc2[nH]c(-c3cccc(C#N)c3F)cc2c1. The highest BCUT2D eigenvalue weighted by Crippen LogP contribution is 2.31. The normalized spacial score (nSPS) is 10.5. The predicted octanol–water partition coefficient (Wildman–Crippen LogP) is 5.69. The summed E-state index contributed by atoms with van der Waals surface area (Å²) >= 11 is 0. The predicted molar refractivity (Wildman–Crippen MR) is 103 cm³/mol. The molecule has 4 rings (SSSR count). The quantitative estimate of drug-likeness (QED) is 0.504. The van der Waals surface area contributed by atoms with Crippen molar-refractivity contribution in [3.63, 3.8) is 0 Å². The first-order chi connectivity index (χ1) is 13.1. The molecule has 0 saturated heterocycles. The molecule has 4 aromatic rings. The van der Waals surface area contributed by atoms with Crippen molar-refractivity contribution in [3.05, 3.63) is 83.2 Å². The van der Waals surface area contributed by atoms with Crippen LogP contribution < -0.4 is 0 Å². The van der Waals surface area contributed by atoms with Crippen molar-refractivity contribution < 1.29 is 4.39 Å². The summed E-state index contributed by atoms with van der Waals surface area (Å²) in [5.41, 5.74) is 5.67. The second kappa shape index (κ2) is 6.44. The van der Waals surface area contributed by atoms with E-state index < -0.39 is 5.82 Å². The fourth-order valence-electron chi connectivity index (χ4n) is 3.33. The molecule has 0 saturated carbocycles. The van der Waals surface area contributed by atoms with Crippen LogP contribution in [0.1, 0.15) is 16.7 Å². The van der Waals surface area contributed by atoms with Crippen molar-refractivity contribution in [1.29, 1.82) is 10.5 Å². The number of aromatic amines is 1. The minimum absolute atomic E-state index is 0.0278. The standard InChI is InChI=1S/C23H14FN3/c1-14-9-15(12-25)5-7-19(14)16-6-8-21-18(10-16)11-22(27-21)20-4-2-3-17(13-26)23(20)24/h2-11,27H,1H3. The lowest BCUT2D eigenvalue weighted by atomic mass is 9.98. The number of aromatic nitrogens is 1. The number of rotatable bonds is 2. The lowest BCUT2D eigenvalue weighted by Gasteiger charge is -2.06. The fraction of sp³-hybridized carbons (Fsp3) is 0.0435. The molecule has 0 unspecified atom stereocenters. The third kappa shape index (κ3) is 2.84. The Morgan fingerprint density at radius 2 is 1.74 bits per heavy atom. The van der Waals surface area contributed by atoms with E-state index in [4.69, 9.17) is 10.5 Å². The molecule has 0 atom stereocenters. The summed E-state index contributed by atoms with van der Waals surface area (Å²) in [5, 5.41) is 19.0. The Hall–Kier alpha value is -3.89. The number of H-pyrrole nitrogens is 1. The molecular weight excluding hydrogens is 337 g/mol. The Bertz CT molecular complexity index is 1270. The van der Waals surface area contributed by atoms with Gasteiger partial charge in [-0.3, -0.25) is 0 Å². The van der Waals surface area contributed by atoms with Crippen molar-refractivity contribution in [2.24, 2.45) is 0 Å².